The maximum Gasteiger partial charge on any atom is 0.143 e. The summed E-state index contributed by atoms with van der Waals surface area (Å²) >= 11 is 0. The molecule has 0 spiro atoms. The van der Waals surface area contributed by atoms with Gasteiger partial charge in [-0.25, -0.2) is 15.0 Å². The molecule has 6 heteroatoms. The number of aromatic hydroxyl groups is 1. The van der Waals surface area contributed by atoms with Crippen LogP contribution in [0.5, 0.6) is 5.75 Å². The van der Waals surface area contributed by atoms with E-state index in [4.69, 9.17) is 9.97 Å². The van der Waals surface area contributed by atoms with E-state index in [1.165, 1.54) is 5.56 Å². The molecule has 1 N–H and O–H groups in total. The van der Waals surface area contributed by atoms with Gasteiger partial charge < -0.3 is 9.67 Å². The van der Waals surface area contributed by atoms with Gasteiger partial charge in [-0.15, -0.1) is 0 Å². The summed E-state index contributed by atoms with van der Waals surface area (Å²) in [4.78, 5) is 16.9. The van der Waals surface area contributed by atoms with E-state index in [0.29, 0.717) is 17.1 Å². The number of likely N-dealkylation sites (tertiary alicyclic amines) is 1. The van der Waals surface area contributed by atoms with E-state index in [1.54, 1.807) is 12.1 Å². The molecular weight excluding hydrogens is 458 g/mol. The number of fused-ring (bicyclic) bond motifs is 1. The van der Waals surface area contributed by atoms with Crippen LogP contribution in [-0.2, 0) is 6.54 Å². The van der Waals surface area contributed by atoms with Crippen molar-refractivity contribution in [3.05, 3.63) is 96.1 Å². The molecule has 0 aliphatic carbocycles. The highest BCUT2D eigenvalue weighted by Gasteiger charge is 2.22. The third kappa shape index (κ3) is 4.72. The summed E-state index contributed by atoms with van der Waals surface area (Å²) in [7, 11) is 0. The predicted molar refractivity (Wildman–Crippen MR) is 147 cm³/mol. The zero-order chi connectivity index (χ0) is 25.4. The normalized spacial score (nSPS) is 14.9. The number of rotatable bonds is 5. The Kier molecular flexibility index (Phi) is 6.18. The Morgan fingerprint density at radius 2 is 1.49 bits per heavy atom. The number of hydrogen-bond acceptors (Lipinski definition) is 5. The Morgan fingerprint density at radius 3 is 2.19 bits per heavy atom. The number of piperidine rings is 1. The highest BCUT2D eigenvalue weighted by atomic mass is 16.3. The molecule has 1 aliphatic rings. The first kappa shape index (κ1) is 23.4. The fourth-order valence-electron chi connectivity index (χ4n) is 5.45. The standard InChI is InChI=1S/C31H31N5O/c1-21-19-36(22(2)32-21)26-15-17-35(18-16-26)20-23-11-13-25(14-12-23)29-30(24-7-4-3-5-8-24)34-31-27(33-29)9-6-10-28(31)37/h3-14,19,26,37H,15-18,20H2,1-2H3. The van der Waals surface area contributed by atoms with Crippen LogP contribution in [0.3, 0.4) is 0 Å². The van der Waals surface area contributed by atoms with E-state index < -0.39 is 0 Å². The summed E-state index contributed by atoms with van der Waals surface area (Å²) in [5.74, 6) is 1.26. The van der Waals surface area contributed by atoms with Gasteiger partial charge in [-0.1, -0.05) is 60.7 Å². The maximum atomic E-state index is 10.4. The topological polar surface area (TPSA) is 67.1 Å². The van der Waals surface area contributed by atoms with Crippen LogP contribution in [0, 0.1) is 13.8 Å². The van der Waals surface area contributed by atoms with Crippen LogP contribution in [0.4, 0.5) is 0 Å². The molecule has 37 heavy (non-hydrogen) atoms. The fourth-order valence-corrected chi connectivity index (χ4v) is 5.45. The highest BCUT2D eigenvalue weighted by Crippen LogP contribution is 2.33. The summed E-state index contributed by atoms with van der Waals surface area (Å²) in [5, 5.41) is 10.4. The van der Waals surface area contributed by atoms with Gasteiger partial charge >= 0.3 is 0 Å². The lowest BCUT2D eigenvalue weighted by Crippen LogP contribution is -2.34. The van der Waals surface area contributed by atoms with Crippen LogP contribution in [-0.4, -0.2) is 42.6 Å². The monoisotopic (exact) mass is 489 g/mol. The van der Waals surface area contributed by atoms with Gasteiger partial charge in [0, 0.05) is 43.0 Å². The molecule has 1 saturated heterocycles. The second kappa shape index (κ2) is 9.79. The molecule has 1 aliphatic heterocycles. The summed E-state index contributed by atoms with van der Waals surface area (Å²) in [6.45, 7) is 7.28. The van der Waals surface area contributed by atoms with Crippen LogP contribution >= 0.6 is 0 Å². The lowest BCUT2D eigenvalue weighted by atomic mass is 10.0. The van der Waals surface area contributed by atoms with Crippen molar-refractivity contribution in [1.82, 2.24) is 24.4 Å². The van der Waals surface area contributed by atoms with Gasteiger partial charge in [-0.3, -0.25) is 4.90 Å². The Labute approximate surface area is 217 Å². The molecule has 0 amide bonds. The molecule has 3 heterocycles. The minimum Gasteiger partial charge on any atom is -0.506 e. The van der Waals surface area contributed by atoms with Gasteiger partial charge in [0.25, 0.3) is 0 Å². The van der Waals surface area contributed by atoms with E-state index in [-0.39, 0.29) is 5.75 Å². The van der Waals surface area contributed by atoms with Crippen LogP contribution in [0.15, 0.2) is 79.0 Å². The predicted octanol–water partition coefficient (Wildman–Crippen LogP) is 6.32. The minimum atomic E-state index is 0.145. The zero-order valence-electron chi connectivity index (χ0n) is 21.3. The molecule has 1 fully saturated rings. The zero-order valence-corrected chi connectivity index (χ0v) is 21.3. The van der Waals surface area contributed by atoms with Gasteiger partial charge in [-0.05, 0) is 44.4 Å². The van der Waals surface area contributed by atoms with Gasteiger partial charge in [0.05, 0.1) is 22.6 Å². The van der Waals surface area contributed by atoms with Crippen LogP contribution in [0.25, 0.3) is 33.5 Å². The first-order valence-corrected chi connectivity index (χ1v) is 12.9. The van der Waals surface area contributed by atoms with Crippen LogP contribution < -0.4 is 0 Å². The summed E-state index contributed by atoms with van der Waals surface area (Å²) in [6.07, 6.45) is 4.48. The van der Waals surface area contributed by atoms with Gasteiger partial charge in [0.2, 0.25) is 0 Å². The molecule has 0 atom stereocenters. The van der Waals surface area contributed by atoms with Crippen LogP contribution in [0.1, 0.15) is 36.0 Å². The first-order valence-electron chi connectivity index (χ1n) is 12.9. The summed E-state index contributed by atoms with van der Waals surface area (Å²) in [5.41, 5.74) is 7.19. The van der Waals surface area contributed by atoms with Gasteiger partial charge in [0.15, 0.2) is 0 Å². The third-order valence-electron chi connectivity index (χ3n) is 7.34. The van der Waals surface area contributed by atoms with Crippen molar-refractivity contribution >= 4 is 11.0 Å². The number of benzene rings is 3. The lowest BCUT2D eigenvalue weighted by Gasteiger charge is -2.33. The second-order valence-corrected chi connectivity index (χ2v) is 9.97. The van der Waals surface area contributed by atoms with E-state index in [1.807, 2.05) is 36.4 Å². The Bertz CT molecular complexity index is 1530. The SMILES string of the molecule is Cc1cn(C2CCN(Cc3ccc(-c4nc5cccc(O)c5nc4-c4ccccc4)cc3)CC2)c(C)n1. The minimum absolute atomic E-state index is 0.145. The molecule has 186 valence electrons. The number of hydrogen-bond donors (Lipinski definition) is 1. The average molecular weight is 490 g/mol. The quantitative estimate of drug-likeness (QED) is 0.313. The smallest absolute Gasteiger partial charge is 0.143 e. The van der Waals surface area contributed by atoms with E-state index in [9.17, 15) is 5.11 Å². The summed E-state index contributed by atoms with van der Waals surface area (Å²) < 4.78 is 2.36. The van der Waals surface area contributed by atoms with Crippen molar-refractivity contribution in [2.45, 2.75) is 39.3 Å². The average Bonchev–Trinajstić information content (AvgIpc) is 3.27. The number of phenolic OH excluding ortho intramolecular Hbond substituents is 1. The third-order valence-corrected chi connectivity index (χ3v) is 7.34. The molecule has 0 radical (unpaired) electrons. The van der Waals surface area contributed by atoms with E-state index in [2.05, 4.69) is 58.8 Å². The highest BCUT2D eigenvalue weighted by molar-refractivity contribution is 5.89. The number of aryl methyl sites for hydroxylation is 2. The molecular formula is C31H31N5O. The maximum absolute atomic E-state index is 10.4. The first-order chi connectivity index (χ1) is 18.0. The lowest BCUT2D eigenvalue weighted by molar-refractivity contribution is 0.178. The van der Waals surface area contributed by atoms with E-state index in [0.717, 1.165) is 66.5 Å². The van der Waals surface area contributed by atoms with E-state index >= 15 is 0 Å². The van der Waals surface area contributed by atoms with Gasteiger partial charge in [0.1, 0.15) is 17.1 Å². The molecule has 3 aromatic carbocycles. The number of para-hydroxylation sites is 1. The van der Waals surface area contributed by atoms with Gasteiger partial charge in [-0.2, -0.15) is 0 Å². The Morgan fingerprint density at radius 1 is 0.784 bits per heavy atom. The number of phenols is 1. The molecule has 6 nitrogen and oxygen atoms in total. The Hall–Kier alpha value is -4.03. The second-order valence-electron chi connectivity index (χ2n) is 9.97. The molecule has 6 rings (SSSR count). The van der Waals surface area contributed by atoms with Crippen molar-refractivity contribution in [1.29, 1.82) is 0 Å². The molecule has 0 unspecified atom stereocenters. The number of imidazole rings is 1. The summed E-state index contributed by atoms with van der Waals surface area (Å²) in [6, 6.07) is 24.6. The van der Waals surface area contributed by atoms with Crippen molar-refractivity contribution in [3.63, 3.8) is 0 Å². The largest absolute Gasteiger partial charge is 0.506 e. The Balaban J connectivity index is 1.23. The van der Waals surface area contributed by atoms with Crippen molar-refractivity contribution in [3.8, 4) is 28.3 Å². The fraction of sp³-hybridized carbons (Fsp3) is 0.258. The van der Waals surface area contributed by atoms with Crippen molar-refractivity contribution in [2.24, 2.45) is 0 Å². The number of aromatic nitrogens is 4. The molecule has 0 bridgehead atoms. The molecule has 5 aromatic rings. The van der Waals surface area contributed by atoms with Crippen molar-refractivity contribution in [2.75, 3.05) is 13.1 Å². The van der Waals surface area contributed by atoms with Crippen LogP contribution in [0.2, 0.25) is 0 Å². The number of nitrogens with zero attached hydrogens (tertiary/aromatic N) is 5. The molecule has 0 saturated carbocycles. The van der Waals surface area contributed by atoms with Crippen molar-refractivity contribution < 1.29 is 5.11 Å². The molecule has 2 aromatic heterocycles.